The third kappa shape index (κ3) is 7.02. The molecule has 1 heterocycles. The van der Waals surface area contributed by atoms with Gasteiger partial charge in [0.15, 0.2) is 5.96 Å². The predicted molar refractivity (Wildman–Crippen MR) is 139 cm³/mol. The monoisotopic (exact) mass is 519 g/mol. The van der Waals surface area contributed by atoms with E-state index < -0.39 is 0 Å². The Kier molecular flexibility index (Phi) is 9.65. The molecule has 0 atom stereocenters. The highest BCUT2D eigenvalue weighted by atomic mass is 127. The van der Waals surface area contributed by atoms with E-state index in [1.807, 2.05) is 0 Å². The minimum Gasteiger partial charge on any atom is -0.361 e. The van der Waals surface area contributed by atoms with Crippen molar-refractivity contribution in [1.82, 2.24) is 20.5 Å². The van der Waals surface area contributed by atoms with Crippen LogP contribution in [-0.2, 0) is 19.5 Å². The molecule has 0 saturated carbocycles. The summed E-state index contributed by atoms with van der Waals surface area (Å²) >= 11 is 0. The number of H-pyrrole nitrogens is 1. The highest BCUT2D eigenvalue weighted by Crippen LogP contribution is 2.19. The van der Waals surface area contributed by atoms with Gasteiger partial charge in [-0.15, -0.1) is 24.0 Å². The topological polar surface area (TPSA) is 55.5 Å². The lowest BCUT2D eigenvalue weighted by Gasteiger charge is -2.12. The average molecular weight is 519 g/mol. The molecular formula is C24H34IN5. The fraction of sp³-hybridized carbons (Fsp3) is 0.375. The zero-order valence-corrected chi connectivity index (χ0v) is 20.8. The molecule has 162 valence electrons. The molecule has 1 aromatic heterocycles. The van der Waals surface area contributed by atoms with Crippen LogP contribution in [0.5, 0.6) is 0 Å². The molecule has 0 bridgehead atoms. The van der Waals surface area contributed by atoms with Gasteiger partial charge >= 0.3 is 0 Å². The van der Waals surface area contributed by atoms with Crippen LogP contribution in [0.4, 0.5) is 0 Å². The second-order valence-electron chi connectivity index (χ2n) is 7.79. The van der Waals surface area contributed by atoms with Crippen molar-refractivity contribution in [2.45, 2.75) is 33.4 Å². The quantitative estimate of drug-likeness (QED) is 0.234. The number of hydrogen-bond donors (Lipinski definition) is 3. The summed E-state index contributed by atoms with van der Waals surface area (Å²) in [5.41, 5.74) is 6.36. The molecule has 0 aliphatic heterocycles. The summed E-state index contributed by atoms with van der Waals surface area (Å²) in [4.78, 5) is 10.3. The first-order chi connectivity index (χ1) is 14.0. The van der Waals surface area contributed by atoms with E-state index in [0.717, 1.165) is 32.0 Å². The van der Waals surface area contributed by atoms with Gasteiger partial charge in [-0.3, -0.25) is 0 Å². The highest BCUT2D eigenvalue weighted by Gasteiger charge is 2.05. The number of nitrogens with one attached hydrogen (secondary N) is 3. The molecule has 0 saturated heterocycles. The molecule has 3 rings (SSSR count). The van der Waals surface area contributed by atoms with E-state index in [2.05, 4.69) is 97.1 Å². The van der Waals surface area contributed by atoms with Crippen molar-refractivity contribution < 1.29 is 0 Å². The Balaban J connectivity index is 0.00000320. The molecule has 0 amide bonds. The van der Waals surface area contributed by atoms with Gasteiger partial charge in [0, 0.05) is 36.7 Å². The summed E-state index contributed by atoms with van der Waals surface area (Å²) in [6, 6.07) is 15.2. The Morgan fingerprint density at radius 1 is 1.07 bits per heavy atom. The zero-order chi connectivity index (χ0) is 20.6. The molecule has 0 aliphatic rings. The number of aromatic amines is 1. The summed E-state index contributed by atoms with van der Waals surface area (Å²) in [6.45, 7) is 7.52. The molecule has 6 heteroatoms. The van der Waals surface area contributed by atoms with Gasteiger partial charge in [0.2, 0.25) is 0 Å². The van der Waals surface area contributed by atoms with Crippen LogP contribution in [0, 0.1) is 6.92 Å². The molecule has 2 aromatic carbocycles. The Labute approximate surface area is 197 Å². The van der Waals surface area contributed by atoms with Gasteiger partial charge in [-0.1, -0.05) is 36.4 Å². The number of aliphatic imine (C=N–C) groups is 1. The van der Waals surface area contributed by atoms with E-state index in [1.54, 1.807) is 0 Å². The summed E-state index contributed by atoms with van der Waals surface area (Å²) in [5.74, 6) is 0.862. The lowest BCUT2D eigenvalue weighted by atomic mass is 10.1. The van der Waals surface area contributed by atoms with Crippen molar-refractivity contribution in [1.29, 1.82) is 0 Å². The third-order valence-corrected chi connectivity index (χ3v) is 4.86. The third-order valence-electron chi connectivity index (χ3n) is 4.86. The Morgan fingerprint density at radius 2 is 1.87 bits per heavy atom. The van der Waals surface area contributed by atoms with E-state index in [-0.39, 0.29) is 24.0 Å². The smallest absolute Gasteiger partial charge is 0.191 e. The van der Waals surface area contributed by atoms with E-state index in [1.165, 1.54) is 33.2 Å². The first-order valence-electron chi connectivity index (χ1n) is 10.4. The highest BCUT2D eigenvalue weighted by molar-refractivity contribution is 14.0. The summed E-state index contributed by atoms with van der Waals surface area (Å²) in [5, 5.41) is 8.12. The van der Waals surface area contributed by atoms with Crippen LogP contribution in [0.3, 0.4) is 0 Å². The van der Waals surface area contributed by atoms with Gasteiger partial charge in [-0.05, 0) is 62.7 Å². The molecule has 0 spiro atoms. The van der Waals surface area contributed by atoms with Crippen molar-refractivity contribution in [3.05, 3.63) is 70.9 Å². The second-order valence-corrected chi connectivity index (χ2v) is 7.79. The van der Waals surface area contributed by atoms with Crippen molar-refractivity contribution in [3.8, 4) is 0 Å². The number of benzene rings is 2. The molecule has 0 radical (unpaired) electrons. The zero-order valence-electron chi connectivity index (χ0n) is 18.5. The molecule has 0 aliphatic carbocycles. The Hall–Kier alpha value is -2.06. The minimum atomic E-state index is 0. The Bertz CT molecular complexity index is 961. The number of nitrogens with zero attached hydrogens (tertiary/aromatic N) is 2. The van der Waals surface area contributed by atoms with Gasteiger partial charge < -0.3 is 20.5 Å². The first-order valence-corrected chi connectivity index (χ1v) is 10.4. The SMILES string of the molecule is CCNC(=NCc1cccc(CN(C)C)c1)NCCc1c[nH]c2cc(C)ccc12.I. The van der Waals surface area contributed by atoms with Gasteiger partial charge in [-0.2, -0.15) is 0 Å². The normalized spacial score (nSPS) is 11.6. The van der Waals surface area contributed by atoms with Gasteiger partial charge in [-0.25, -0.2) is 4.99 Å². The predicted octanol–water partition coefficient (Wildman–Crippen LogP) is 4.45. The number of aromatic nitrogens is 1. The number of rotatable bonds is 8. The van der Waals surface area contributed by atoms with Crippen LogP contribution in [0.1, 0.15) is 29.2 Å². The van der Waals surface area contributed by atoms with E-state index in [9.17, 15) is 0 Å². The van der Waals surface area contributed by atoms with Crippen LogP contribution < -0.4 is 10.6 Å². The van der Waals surface area contributed by atoms with Crippen molar-refractivity contribution in [3.63, 3.8) is 0 Å². The fourth-order valence-electron chi connectivity index (χ4n) is 3.53. The molecule has 5 nitrogen and oxygen atoms in total. The fourth-order valence-corrected chi connectivity index (χ4v) is 3.53. The van der Waals surface area contributed by atoms with Crippen molar-refractivity contribution in [2.75, 3.05) is 27.2 Å². The lowest BCUT2D eigenvalue weighted by molar-refractivity contribution is 0.402. The number of hydrogen-bond acceptors (Lipinski definition) is 2. The largest absolute Gasteiger partial charge is 0.361 e. The molecule has 0 unspecified atom stereocenters. The first kappa shape index (κ1) is 24.2. The molecule has 3 N–H and O–H groups in total. The summed E-state index contributed by atoms with van der Waals surface area (Å²) in [6.07, 6.45) is 3.07. The van der Waals surface area contributed by atoms with Crippen LogP contribution in [0.2, 0.25) is 0 Å². The number of guanidine groups is 1. The van der Waals surface area contributed by atoms with Gasteiger partial charge in [0.25, 0.3) is 0 Å². The average Bonchev–Trinajstić information content (AvgIpc) is 3.08. The van der Waals surface area contributed by atoms with Gasteiger partial charge in [0.1, 0.15) is 0 Å². The standard InChI is InChI=1S/C24H33N5.HI/c1-5-25-24(28-15-19-7-6-8-20(14-19)17-29(3)4)26-12-11-21-16-27-23-13-18(2)9-10-22(21)23;/h6-10,13-14,16,27H,5,11-12,15,17H2,1-4H3,(H2,25,26,28);1H. The van der Waals surface area contributed by atoms with E-state index >= 15 is 0 Å². The lowest BCUT2D eigenvalue weighted by Crippen LogP contribution is -2.38. The molecule has 0 fully saturated rings. The van der Waals surface area contributed by atoms with E-state index in [0.29, 0.717) is 6.54 Å². The maximum Gasteiger partial charge on any atom is 0.191 e. The van der Waals surface area contributed by atoms with Crippen LogP contribution in [-0.4, -0.2) is 43.0 Å². The van der Waals surface area contributed by atoms with Crippen LogP contribution in [0.15, 0.2) is 53.7 Å². The maximum absolute atomic E-state index is 4.77. The number of fused-ring (bicyclic) bond motifs is 1. The summed E-state index contributed by atoms with van der Waals surface area (Å²) < 4.78 is 0. The van der Waals surface area contributed by atoms with Gasteiger partial charge in [0.05, 0.1) is 6.54 Å². The van der Waals surface area contributed by atoms with Crippen LogP contribution in [0.25, 0.3) is 10.9 Å². The molecule has 30 heavy (non-hydrogen) atoms. The van der Waals surface area contributed by atoms with Crippen molar-refractivity contribution in [2.24, 2.45) is 4.99 Å². The van der Waals surface area contributed by atoms with Crippen LogP contribution >= 0.6 is 24.0 Å². The number of aryl methyl sites for hydroxylation is 1. The molecular weight excluding hydrogens is 485 g/mol. The Morgan fingerprint density at radius 3 is 2.63 bits per heavy atom. The molecule has 3 aromatic rings. The maximum atomic E-state index is 4.77. The second kappa shape index (κ2) is 12.0. The van der Waals surface area contributed by atoms with E-state index in [4.69, 9.17) is 4.99 Å². The number of halogens is 1. The minimum absolute atomic E-state index is 0. The van der Waals surface area contributed by atoms with Crippen molar-refractivity contribution >= 4 is 40.8 Å². The summed E-state index contributed by atoms with van der Waals surface area (Å²) in [7, 11) is 4.18.